The minimum absolute atomic E-state index is 0.456. The van der Waals surface area contributed by atoms with Gasteiger partial charge in [-0.25, -0.2) is 0 Å². The van der Waals surface area contributed by atoms with Gasteiger partial charge in [0.1, 0.15) is 11.5 Å². The van der Waals surface area contributed by atoms with Crippen molar-refractivity contribution in [1.29, 1.82) is 0 Å². The summed E-state index contributed by atoms with van der Waals surface area (Å²) in [5.74, 6) is 9.59. The molecule has 0 saturated heterocycles. The number of hydrogen-bond acceptors (Lipinski definition) is 2. The first-order chi connectivity index (χ1) is 50.3. The molecule has 11 aromatic carbocycles. The largest absolute Gasteiger partial charge is 0.457 e. The molecule has 0 aliphatic rings. The second-order valence-electron chi connectivity index (χ2n) is 33.1. The quantitative estimate of drug-likeness (QED) is 0.0709. The minimum Gasteiger partial charge on any atom is -0.457 e. The van der Waals surface area contributed by atoms with E-state index in [-0.39, 0.29) is 0 Å². The van der Waals surface area contributed by atoms with Crippen molar-refractivity contribution in [3.8, 4) is 11.5 Å². The van der Waals surface area contributed by atoms with Gasteiger partial charge in [0.15, 0.2) is 0 Å². The fourth-order valence-corrected chi connectivity index (χ4v) is 13.1. The van der Waals surface area contributed by atoms with Crippen LogP contribution in [0, 0.1) is 5.92 Å². The molecule has 0 bridgehead atoms. The fraction of sp³-hybridized carbons (Fsp3) is 0.385. The normalized spacial score (nSPS) is 11.3. The van der Waals surface area contributed by atoms with Crippen molar-refractivity contribution in [3.63, 3.8) is 0 Å². The van der Waals surface area contributed by atoms with Gasteiger partial charge in [-0.05, 0) is 232 Å². The Balaban J connectivity index is 0.000000200. The van der Waals surface area contributed by atoms with Gasteiger partial charge in [0.25, 0.3) is 0 Å². The van der Waals surface area contributed by atoms with Gasteiger partial charge >= 0.3 is 0 Å². The fourth-order valence-electron chi connectivity index (χ4n) is 12.3. The van der Waals surface area contributed by atoms with E-state index in [2.05, 4.69) is 404 Å². The molecular formula is C104H134OS. The van der Waals surface area contributed by atoms with Crippen molar-refractivity contribution in [2.24, 2.45) is 5.92 Å². The number of hydrogen-bond donors (Lipinski definition) is 0. The molecule has 0 N–H and O–H groups in total. The molecule has 0 heterocycles. The Morgan fingerprint density at radius 3 is 0.642 bits per heavy atom. The van der Waals surface area contributed by atoms with Crippen LogP contribution in [-0.2, 0) is 12.8 Å². The van der Waals surface area contributed by atoms with E-state index in [1.165, 1.54) is 116 Å². The third kappa shape index (κ3) is 29.2. The Kier molecular flexibility index (Phi) is 35.7. The molecule has 2 heteroatoms. The Labute approximate surface area is 650 Å². The summed E-state index contributed by atoms with van der Waals surface area (Å²) < 4.78 is 5.85. The number of ether oxygens (including phenoxy) is 1. The monoisotopic (exact) mass is 1430 g/mol. The van der Waals surface area contributed by atoms with E-state index in [9.17, 15) is 0 Å². The van der Waals surface area contributed by atoms with Crippen LogP contribution in [0.15, 0.2) is 265 Å². The summed E-state index contributed by atoms with van der Waals surface area (Å²) in [7, 11) is 0. The van der Waals surface area contributed by atoms with Crippen LogP contribution in [0.25, 0.3) is 10.8 Å². The SMILES string of the molecule is CC(C)Cc1ccc(C(C)C)cc1.CC(C)c1ccc(C(C)c2ccc(C(C)C)cc2)cc1.CC(C)c1ccc(Cc2ccc(C(C)C)cc2)cc1.CC(C)c1ccc(Oc2ccc(C(C)C)cc2)cc1.CC(C)c1ccc(Sc2ccc(C(C)C)cc2)cc1.CC(C)c1ccc2cc(C(C)C)ccc2c1. The van der Waals surface area contributed by atoms with Gasteiger partial charge in [0, 0.05) is 15.7 Å². The molecule has 106 heavy (non-hydrogen) atoms. The van der Waals surface area contributed by atoms with Crippen molar-refractivity contribution in [1.82, 2.24) is 0 Å². The van der Waals surface area contributed by atoms with Gasteiger partial charge in [-0.1, -0.05) is 391 Å². The topological polar surface area (TPSA) is 9.23 Å². The highest BCUT2D eigenvalue weighted by molar-refractivity contribution is 7.99. The first-order valence-corrected chi connectivity index (χ1v) is 40.9. The zero-order valence-electron chi connectivity index (χ0n) is 70.0. The Hall–Kier alpha value is -8.17. The lowest BCUT2D eigenvalue weighted by molar-refractivity contribution is 0.482. The Morgan fingerprint density at radius 2 is 0.406 bits per heavy atom. The molecule has 0 saturated carbocycles. The summed E-state index contributed by atoms with van der Waals surface area (Å²) >= 11 is 1.83. The molecule has 0 spiro atoms. The first kappa shape index (κ1) is 86.7. The molecule has 0 aromatic heterocycles. The lowest BCUT2D eigenvalue weighted by Crippen LogP contribution is -1.98. The second kappa shape index (κ2) is 43.6. The van der Waals surface area contributed by atoms with Crippen molar-refractivity contribution in [3.05, 3.63) is 344 Å². The summed E-state index contributed by atoms with van der Waals surface area (Å²) in [6, 6.07) is 93.3. The summed E-state index contributed by atoms with van der Waals surface area (Å²) in [5.41, 5.74) is 22.4. The van der Waals surface area contributed by atoms with E-state index in [4.69, 9.17) is 4.74 Å². The molecule has 0 radical (unpaired) electrons. The molecule has 11 rings (SSSR count). The van der Waals surface area contributed by atoms with Crippen molar-refractivity contribution < 1.29 is 4.74 Å². The third-order valence-corrected chi connectivity index (χ3v) is 21.1. The highest BCUT2D eigenvalue weighted by atomic mass is 32.2. The Bertz CT molecular complexity index is 3730. The standard InChI is InChI=1S/C20H26.C19H24.C18H22O.C18H22S.C16H20.C13H20/c1-14(2)17-6-10-19(11-7-17)16(5)20-12-8-18(9-13-20)15(3)4;1-14(2)18-9-5-16(6-10-18)13-17-7-11-19(12-8-17)15(3)4;2*1-13(2)15-5-9-17(10-6-15)19-18-11-7-16(8-12-18)14(3)4;1-11(2)13-5-7-16-10-14(12(3)4)6-8-15(16)9-13;1-10(2)9-12-5-7-13(8-6-12)11(3)4/h6-16H,1-5H3;5-12,14-15H,13H2,1-4H3;2*5-14H,1-4H3;5-12H,1-4H3;5-8,10-11H,9H2,1-4H3. The van der Waals surface area contributed by atoms with E-state index in [1.807, 2.05) is 36.0 Å². The summed E-state index contributed by atoms with van der Waals surface area (Å²) in [5, 5.41) is 2.71. The summed E-state index contributed by atoms with van der Waals surface area (Å²) in [4.78, 5) is 2.61. The second-order valence-corrected chi connectivity index (χ2v) is 34.2. The number of fused-ring (bicyclic) bond motifs is 1. The van der Waals surface area contributed by atoms with Gasteiger partial charge in [-0.15, -0.1) is 0 Å². The molecule has 11 aromatic rings. The first-order valence-electron chi connectivity index (χ1n) is 40.1. The molecule has 0 atom stereocenters. The predicted octanol–water partition coefficient (Wildman–Crippen LogP) is 32.5. The number of benzene rings is 11. The maximum atomic E-state index is 5.85. The van der Waals surface area contributed by atoms with Crippen LogP contribution in [0.4, 0.5) is 0 Å². The van der Waals surface area contributed by atoms with Crippen LogP contribution in [-0.4, -0.2) is 0 Å². The van der Waals surface area contributed by atoms with Gasteiger partial charge < -0.3 is 4.74 Å². The van der Waals surface area contributed by atoms with Crippen LogP contribution < -0.4 is 4.74 Å². The lowest BCUT2D eigenvalue weighted by atomic mass is 9.90. The van der Waals surface area contributed by atoms with Crippen molar-refractivity contribution in [2.45, 2.75) is 267 Å². The van der Waals surface area contributed by atoms with E-state index in [0.29, 0.717) is 71.0 Å². The molecule has 562 valence electrons. The zero-order valence-corrected chi connectivity index (χ0v) is 70.8. The predicted molar refractivity (Wildman–Crippen MR) is 470 cm³/mol. The number of rotatable bonds is 21. The van der Waals surface area contributed by atoms with Crippen molar-refractivity contribution >= 4 is 22.5 Å². The smallest absolute Gasteiger partial charge is 0.127 e. The average molecular weight is 1430 g/mol. The van der Waals surface area contributed by atoms with E-state index < -0.39 is 0 Å². The summed E-state index contributed by atoms with van der Waals surface area (Å²) in [6.45, 7) is 55.8. The zero-order chi connectivity index (χ0) is 77.7. The van der Waals surface area contributed by atoms with Crippen molar-refractivity contribution in [2.75, 3.05) is 0 Å². The third-order valence-electron chi connectivity index (χ3n) is 20.1. The van der Waals surface area contributed by atoms with Crippen LogP contribution in [0.5, 0.6) is 11.5 Å². The van der Waals surface area contributed by atoms with Gasteiger partial charge in [0.2, 0.25) is 0 Å². The minimum atomic E-state index is 0.456. The van der Waals surface area contributed by atoms with Crippen LogP contribution in [0.2, 0.25) is 0 Å². The Morgan fingerprint density at radius 1 is 0.208 bits per heavy atom. The average Bonchev–Trinajstić information content (AvgIpc) is 0.817. The molecule has 0 amide bonds. The molecule has 0 aliphatic carbocycles. The van der Waals surface area contributed by atoms with E-state index >= 15 is 0 Å². The maximum Gasteiger partial charge on any atom is 0.127 e. The summed E-state index contributed by atoms with van der Waals surface area (Å²) in [6.07, 6.45) is 2.22. The molecular weight excluding hydrogens is 1300 g/mol. The van der Waals surface area contributed by atoms with E-state index in [1.54, 1.807) is 0 Å². The maximum absolute atomic E-state index is 5.85. The van der Waals surface area contributed by atoms with Crippen LogP contribution >= 0.6 is 11.8 Å². The molecule has 1 nitrogen and oxygen atoms in total. The van der Waals surface area contributed by atoms with Gasteiger partial charge in [-0.3, -0.25) is 0 Å². The molecule has 0 unspecified atom stereocenters. The molecule has 0 aliphatic heterocycles. The highest BCUT2D eigenvalue weighted by Gasteiger charge is 2.12. The van der Waals surface area contributed by atoms with E-state index in [0.717, 1.165) is 23.8 Å². The molecule has 0 fully saturated rings. The van der Waals surface area contributed by atoms with Crippen LogP contribution in [0.3, 0.4) is 0 Å². The van der Waals surface area contributed by atoms with Gasteiger partial charge in [-0.2, -0.15) is 0 Å². The van der Waals surface area contributed by atoms with Gasteiger partial charge in [0.05, 0.1) is 0 Å². The highest BCUT2D eigenvalue weighted by Crippen LogP contribution is 2.33. The van der Waals surface area contributed by atoms with Crippen LogP contribution in [0.1, 0.15) is 333 Å². The lowest BCUT2D eigenvalue weighted by Gasteiger charge is -2.15.